The van der Waals surface area contributed by atoms with Crippen LogP contribution in [0, 0.1) is 0 Å². The van der Waals surface area contributed by atoms with Crippen LogP contribution in [0.3, 0.4) is 0 Å². The van der Waals surface area contributed by atoms with Gasteiger partial charge in [-0.25, -0.2) is 0 Å². The molecule has 0 saturated carbocycles. The number of likely N-dealkylation sites (tertiary alicyclic amines) is 1. The van der Waals surface area contributed by atoms with E-state index in [1.807, 2.05) is 0 Å². The summed E-state index contributed by atoms with van der Waals surface area (Å²) in [6, 6.07) is 0. The molecule has 0 bridgehead atoms. The monoisotopic (exact) mass is 170 g/mol. The summed E-state index contributed by atoms with van der Waals surface area (Å²) in [5.74, 6) is 0.154. The van der Waals surface area contributed by atoms with E-state index in [4.69, 9.17) is 0 Å². The number of carbonyl (C=O) groups is 2. The van der Waals surface area contributed by atoms with Gasteiger partial charge in [0.25, 0.3) is 0 Å². The van der Waals surface area contributed by atoms with E-state index in [9.17, 15) is 9.59 Å². The van der Waals surface area contributed by atoms with Crippen LogP contribution in [-0.2, 0) is 9.59 Å². The molecule has 2 amide bonds. The molecule has 1 aliphatic heterocycles. The summed E-state index contributed by atoms with van der Waals surface area (Å²) >= 11 is 0. The molecule has 1 saturated heterocycles. The van der Waals surface area contributed by atoms with Crippen LogP contribution in [0.15, 0.2) is 0 Å². The molecule has 0 aromatic rings. The molecule has 0 atom stereocenters. The summed E-state index contributed by atoms with van der Waals surface area (Å²) in [7, 11) is 0. The third kappa shape index (κ3) is 2.53. The zero-order valence-corrected chi connectivity index (χ0v) is 7.08. The molecule has 0 aliphatic carbocycles. The van der Waals surface area contributed by atoms with E-state index in [1.165, 1.54) is 0 Å². The predicted molar refractivity (Wildman–Crippen MR) is 44.2 cm³/mol. The quantitative estimate of drug-likeness (QED) is 0.610. The first-order valence-corrected chi connectivity index (χ1v) is 4.29. The normalized spacial score (nSPS) is 18.7. The van der Waals surface area contributed by atoms with E-state index in [1.54, 1.807) is 4.90 Å². The Morgan fingerprint density at radius 1 is 1.42 bits per heavy atom. The van der Waals surface area contributed by atoms with Crippen LogP contribution in [0.4, 0.5) is 0 Å². The summed E-state index contributed by atoms with van der Waals surface area (Å²) in [5.41, 5.74) is 0. The van der Waals surface area contributed by atoms with Gasteiger partial charge in [0.2, 0.25) is 12.3 Å². The molecule has 0 aromatic heterocycles. The molecule has 1 aliphatic rings. The Labute approximate surface area is 71.9 Å². The van der Waals surface area contributed by atoms with Crippen LogP contribution < -0.4 is 5.32 Å². The molecular weight excluding hydrogens is 156 g/mol. The Balaban J connectivity index is 2.36. The van der Waals surface area contributed by atoms with Gasteiger partial charge in [-0.1, -0.05) is 6.42 Å². The molecule has 4 nitrogen and oxygen atoms in total. The lowest BCUT2D eigenvalue weighted by molar-refractivity contribution is -0.131. The van der Waals surface area contributed by atoms with Crippen LogP contribution in [0.1, 0.15) is 25.7 Å². The predicted octanol–water partition coefficient (Wildman–Crippen LogP) is 0.0925. The number of rotatable bonds is 3. The van der Waals surface area contributed by atoms with Gasteiger partial charge in [-0.05, 0) is 12.8 Å². The Morgan fingerprint density at radius 2 is 2.25 bits per heavy atom. The van der Waals surface area contributed by atoms with E-state index in [2.05, 4.69) is 5.32 Å². The van der Waals surface area contributed by atoms with Gasteiger partial charge in [-0.3, -0.25) is 9.59 Å². The number of amides is 2. The van der Waals surface area contributed by atoms with Gasteiger partial charge in [-0.15, -0.1) is 0 Å². The van der Waals surface area contributed by atoms with Crippen molar-refractivity contribution in [2.24, 2.45) is 0 Å². The number of hydrogen-bond acceptors (Lipinski definition) is 2. The molecule has 4 heteroatoms. The minimum atomic E-state index is 0.154. The molecule has 0 unspecified atom stereocenters. The molecule has 0 aromatic carbocycles. The standard InChI is InChI=1S/C8H14N2O2/c11-7-9-6-10-5-3-1-2-4-8(10)12/h7H,1-6H2,(H,9,11). The second kappa shape index (κ2) is 4.74. The maximum atomic E-state index is 11.3. The molecule has 1 rings (SSSR count). The van der Waals surface area contributed by atoms with Gasteiger partial charge in [0, 0.05) is 13.0 Å². The molecule has 1 heterocycles. The van der Waals surface area contributed by atoms with Crippen LogP contribution in [0.5, 0.6) is 0 Å². The first kappa shape index (κ1) is 9.03. The Kier molecular flexibility index (Phi) is 3.57. The Bertz CT molecular complexity index is 170. The summed E-state index contributed by atoms with van der Waals surface area (Å²) < 4.78 is 0. The smallest absolute Gasteiger partial charge is 0.223 e. The van der Waals surface area contributed by atoms with Gasteiger partial charge in [-0.2, -0.15) is 0 Å². The fraction of sp³-hybridized carbons (Fsp3) is 0.750. The van der Waals surface area contributed by atoms with Crippen molar-refractivity contribution in [3.63, 3.8) is 0 Å². The van der Waals surface area contributed by atoms with Crippen molar-refractivity contribution in [1.82, 2.24) is 10.2 Å². The first-order valence-electron chi connectivity index (χ1n) is 4.29. The second-order valence-electron chi connectivity index (χ2n) is 2.95. The van der Waals surface area contributed by atoms with Crippen molar-refractivity contribution in [3.05, 3.63) is 0 Å². The van der Waals surface area contributed by atoms with Gasteiger partial charge >= 0.3 is 0 Å². The first-order chi connectivity index (χ1) is 5.84. The van der Waals surface area contributed by atoms with Gasteiger partial charge in [0.1, 0.15) is 0 Å². The molecule has 0 radical (unpaired) electrons. The maximum Gasteiger partial charge on any atom is 0.223 e. The second-order valence-corrected chi connectivity index (χ2v) is 2.95. The summed E-state index contributed by atoms with van der Waals surface area (Å²) in [4.78, 5) is 23.0. The van der Waals surface area contributed by atoms with E-state index in [0.717, 1.165) is 25.8 Å². The van der Waals surface area contributed by atoms with Crippen molar-refractivity contribution < 1.29 is 9.59 Å². The van der Waals surface area contributed by atoms with Crippen molar-refractivity contribution in [1.29, 1.82) is 0 Å². The highest BCUT2D eigenvalue weighted by Gasteiger charge is 2.14. The largest absolute Gasteiger partial charge is 0.341 e. The molecule has 1 N–H and O–H groups in total. The van der Waals surface area contributed by atoms with Gasteiger partial charge < -0.3 is 10.2 Å². The van der Waals surface area contributed by atoms with Crippen LogP contribution in [0.2, 0.25) is 0 Å². The molecular formula is C8H14N2O2. The van der Waals surface area contributed by atoms with Crippen LogP contribution >= 0.6 is 0 Å². The summed E-state index contributed by atoms with van der Waals surface area (Å²) in [6.45, 7) is 1.14. The lowest BCUT2D eigenvalue weighted by Gasteiger charge is -2.19. The van der Waals surface area contributed by atoms with Crippen molar-refractivity contribution in [2.45, 2.75) is 25.7 Å². The minimum absolute atomic E-state index is 0.154. The summed E-state index contributed by atoms with van der Waals surface area (Å²) in [6.07, 6.45) is 4.39. The van der Waals surface area contributed by atoms with E-state index in [-0.39, 0.29) is 5.91 Å². The average molecular weight is 170 g/mol. The zero-order chi connectivity index (χ0) is 8.81. The topological polar surface area (TPSA) is 49.4 Å². The van der Waals surface area contributed by atoms with Gasteiger partial charge in [0.15, 0.2) is 0 Å². The van der Waals surface area contributed by atoms with Crippen LogP contribution in [0.25, 0.3) is 0 Å². The lowest BCUT2D eigenvalue weighted by atomic mass is 10.2. The number of nitrogens with zero attached hydrogens (tertiary/aromatic N) is 1. The molecule has 1 fully saturated rings. The van der Waals surface area contributed by atoms with E-state index >= 15 is 0 Å². The Hall–Kier alpha value is -1.06. The lowest BCUT2D eigenvalue weighted by Crippen LogP contribution is -2.37. The van der Waals surface area contributed by atoms with Crippen molar-refractivity contribution in [2.75, 3.05) is 13.2 Å². The number of nitrogens with one attached hydrogen (secondary N) is 1. The fourth-order valence-corrected chi connectivity index (χ4v) is 1.35. The minimum Gasteiger partial charge on any atom is -0.341 e. The maximum absolute atomic E-state index is 11.3. The highest BCUT2D eigenvalue weighted by atomic mass is 16.2. The van der Waals surface area contributed by atoms with E-state index in [0.29, 0.717) is 19.5 Å². The van der Waals surface area contributed by atoms with Crippen LogP contribution in [-0.4, -0.2) is 30.4 Å². The third-order valence-electron chi connectivity index (χ3n) is 2.04. The summed E-state index contributed by atoms with van der Waals surface area (Å²) in [5, 5.41) is 2.50. The molecule has 68 valence electrons. The SMILES string of the molecule is O=CNCN1CCCCCC1=O. The number of carbonyl (C=O) groups excluding carboxylic acids is 2. The van der Waals surface area contributed by atoms with Crippen molar-refractivity contribution >= 4 is 12.3 Å². The fourth-order valence-electron chi connectivity index (χ4n) is 1.35. The molecule has 12 heavy (non-hydrogen) atoms. The molecule has 0 spiro atoms. The average Bonchev–Trinajstić information content (AvgIpc) is 2.27. The number of hydrogen-bond donors (Lipinski definition) is 1. The highest BCUT2D eigenvalue weighted by Crippen LogP contribution is 2.09. The van der Waals surface area contributed by atoms with E-state index < -0.39 is 0 Å². The van der Waals surface area contributed by atoms with Crippen molar-refractivity contribution in [3.8, 4) is 0 Å². The zero-order valence-electron chi connectivity index (χ0n) is 7.08. The third-order valence-corrected chi connectivity index (χ3v) is 2.04. The Morgan fingerprint density at radius 3 is 3.00 bits per heavy atom. The van der Waals surface area contributed by atoms with Gasteiger partial charge in [0.05, 0.1) is 6.67 Å². The highest BCUT2D eigenvalue weighted by molar-refractivity contribution is 5.76.